The van der Waals surface area contributed by atoms with Crippen molar-refractivity contribution in [1.29, 1.82) is 0 Å². The molecule has 0 aromatic heterocycles. The number of benzene rings is 1. The first kappa shape index (κ1) is 14.2. The molecule has 2 nitrogen and oxygen atoms in total. The van der Waals surface area contributed by atoms with Crippen LogP contribution in [0.2, 0.25) is 0 Å². The van der Waals surface area contributed by atoms with Crippen molar-refractivity contribution in [3.63, 3.8) is 0 Å². The molecule has 0 bridgehead atoms. The summed E-state index contributed by atoms with van der Waals surface area (Å²) < 4.78 is 6.59. The molecule has 0 aliphatic carbocycles. The van der Waals surface area contributed by atoms with Crippen LogP contribution < -0.4 is 4.74 Å². The van der Waals surface area contributed by atoms with Crippen molar-refractivity contribution in [2.24, 2.45) is 0 Å². The summed E-state index contributed by atoms with van der Waals surface area (Å²) in [6, 6.07) is 7.87. The van der Waals surface area contributed by atoms with Crippen LogP contribution >= 0.6 is 15.9 Å². The van der Waals surface area contributed by atoms with E-state index in [1.165, 1.54) is 0 Å². The molecule has 1 aromatic carbocycles. The largest absolute Gasteiger partial charge is 2.00 e. The van der Waals surface area contributed by atoms with Gasteiger partial charge < -0.3 is 12.5 Å². The van der Waals surface area contributed by atoms with Crippen molar-refractivity contribution in [3.8, 4) is 5.75 Å². The fraction of sp³-hybridized carbons (Fsp3) is 0.400. The summed E-state index contributed by atoms with van der Waals surface area (Å²) in [5.74, 6) is 0.921. The van der Waals surface area contributed by atoms with Crippen LogP contribution in [-0.2, 0) is 0 Å². The minimum absolute atomic E-state index is 0. The van der Waals surface area contributed by atoms with Gasteiger partial charge in [0, 0.05) is 11.0 Å². The molecule has 0 spiro atoms. The van der Waals surface area contributed by atoms with Crippen LogP contribution in [0, 0.1) is 0 Å². The van der Waals surface area contributed by atoms with Crippen LogP contribution in [-0.4, -0.2) is 55.2 Å². The number of hydrogen-bond acceptors (Lipinski definition) is 2. The average molecular weight is 270 g/mol. The van der Waals surface area contributed by atoms with Crippen LogP contribution in [0.15, 0.2) is 28.7 Å². The zero-order valence-corrected chi connectivity index (χ0v) is 11.7. The van der Waals surface area contributed by atoms with E-state index in [1.807, 2.05) is 38.4 Å². The molecule has 0 heterocycles. The average Bonchev–Trinajstić information content (AvgIpc) is 2.08. The van der Waals surface area contributed by atoms with Crippen LogP contribution in [0.1, 0.15) is 2.85 Å². The van der Waals surface area contributed by atoms with Crippen LogP contribution in [0.25, 0.3) is 0 Å². The SMILES string of the molecule is CN(C)CCOc1ccc(Br)cc1.[H-].[H-].[Mg+2]. The Labute approximate surface area is 113 Å². The Kier molecular flexibility index (Phi) is 7.63. The fourth-order valence-corrected chi connectivity index (χ4v) is 1.14. The molecule has 14 heavy (non-hydrogen) atoms. The zero-order chi connectivity index (χ0) is 9.68. The van der Waals surface area contributed by atoms with Crippen molar-refractivity contribution in [3.05, 3.63) is 28.7 Å². The summed E-state index contributed by atoms with van der Waals surface area (Å²) in [4.78, 5) is 2.10. The molecule has 0 radical (unpaired) electrons. The van der Waals surface area contributed by atoms with E-state index in [4.69, 9.17) is 4.74 Å². The molecule has 0 atom stereocenters. The van der Waals surface area contributed by atoms with Gasteiger partial charge in [0.1, 0.15) is 12.4 Å². The third kappa shape index (κ3) is 5.85. The summed E-state index contributed by atoms with van der Waals surface area (Å²) >= 11 is 3.37. The minimum atomic E-state index is 0. The maximum atomic E-state index is 5.51. The van der Waals surface area contributed by atoms with Gasteiger partial charge in [-0.15, -0.1) is 0 Å². The molecule has 0 amide bonds. The maximum absolute atomic E-state index is 5.51. The molecule has 0 saturated heterocycles. The number of rotatable bonds is 4. The molecule has 1 aromatic rings. The summed E-state index contributed by atoms with van der Waals surface area (Å²) in [5, 5.41) is 0. The Morgan fingerprint density at radius 3 is 2.36 bits per heavy atom. The molecular formula is C10H16BrMgNO. The molecule has 0 fully saturated rings. The molecule has 0 aliphatic heterocycles. The Bertz CT molecular complexity index is 260. The van der Waals surface area contributed by atoms with Crippen molar-refractivity contribution >= 4 is 39.0 Å². The van der Waals surface area contributed by atoms with E-state index in [-0.39, 0.29) is 25.9 Å². The number of ether oxygens (including phenoxy) is 1. The van der Waals surface area contributed by atoms with E-state index in [1.54, 1.807) is 0 Å². The first-order valence-corrected chi connectivity index (χ1v) is 5.01. The molecule has 0 N–H and O–H groups in total. The second-order valence-corrected chi connectivity index (χ2v) is 4.02. The number of hydrogen-bond donors (Lipinski definition) is 0. The number of halogens is 1. The van der Waals surface area contributed by atoms with Gasteiger partial charge in [-0.05, 0) is 38.4 Å². The van der Waals surface area contributed by atoms with Gasteiger partial charge in [0.05, 0.1) is 0 Å². The van der Waals surface area contributed by atoms with Gasteiger partial charge in [0.25, 0.3) is 0 Å². The number of nitrogens with zero attached hydrogens (tertiary/aromatic N) is 1. The van der Waals surface area contributed by atoms with Crippen molar-refractivity contribution in [2.45, 2.75) is 0 Å². The van der Waals surface area contributed by atoms with Gasteiger partial charge in [-0.3, -0.25) is 0 Å². The van der Waals surface area contributed by atoms with E-state index in [2.05, 4.69) is 20.8 Å². The molecule has 1 rings (SSSR count). The van der Waals surface area contributed by atoms with Gasteiger partial charge in [-0.2, -0.15) is 0 Å². The Morgan fingerprint density at radius 1 is 1.29 bits per heavy atom. The fourth-order valence-electron chi connectivity index (χ4n) is 0.877. The summed E-state index contributed by atoms with van der Waals surface area (Å²) in [6.07, 6.45) is 0. The minimum Gasteiger partial charge on any atom is -1.00 e. The first-order chi connectivity index (χ1) is 6.18. The second kappa shape index (κ2) is 7.51. The Hall–Kier alpha value is 0.226. The van der Waals surface area contributed by atoms with Crippen LogP contribution in [0.3, 0.4) is 0 Å². The molecule has 76 valence electrons. The predicted molar refractivity (Wildman–Crippen MR) is 66.2 cm³/mol. The zero-order valence-electron chi connectivity index (χ0n) is 10.7. The molecule has 0 saturated carbocycles. The second-order valence-electron chi connectivity index (χ2n) is 3.11. The molecule has 0 aliphatic rings. The van der Waals surface area contributed by atoms with Gasteiger partial charge in [0.15, 0.2) is 0 Å². The summed E-state index contributed by atoms with van der Waals surface area (Å²) in [7, 11) is 4.07. The van der Waals surface area contributed by atoms with Gasteiger partial charge in [-0.25, -0.2) is 0 Å². The molecule has 0 unspecified atom stereocenters. The van der Waals surface area contributed by atoms with Gasteiger partial charge in [0.2, 0.25) is 0 Å². The van der Waals surface area contributed by atoms with Crippen LogP contribution in [0.5, 0.6) is 5.75 Å². The van der Waals surface area contributed by atoms with E-state index in [0.717, 1.165) is 23.4 Å². The van der Waals surface area contributed by atoms with Crippen LogP contribution in [0.4, 0.5) is 0 Å². The molecule has 4 heteroatoms. The standard InChI is InChI=1S/C10H14BrNO.Mg.2H/c1-12(2)7-8-13-10-5-3-9(11)4-6-10;;;/h3-6H,7-8H2,1-2H3;;;/q;+2;2*-1. The van der Waals surface area contributed by atoms with Gasteiger partial charge >= 0.3 is 23.1 Å². The summed E-state index contributed by atoms with van der Waals surface area (Å²) in [5.41, 5.74) is 0. The maximum Gasteiger partial charge on any atom is 2.00 e. The third-order valence-corrected chi connectivity index (χ3v) is 2.15. The van der Waals surface area contributed by atoms with E-state index in [9.17, 15) is 0 Å². The normalized spacial score (nSPS) is 9.71. The van der Waals surface area contributed by atoms with Crippen molar-refractivity contribution in [2.75, 3.05) is 27.2 Å². The van der Waals surface area contributed by atoms with Gasteiger partial charge in [-0.1, -0.05) is 15.9 Å². The Morgan fingerprint density at radius 2 is 1.86 bits per heavy atom. The monoisotopic (exact) mass is 269 g/mol. The smallest absolute Gasteiger partial charge is 1.00 e. The topological polar surface area (TPSA) is 12.5 Å². The van der Waals surface area contributed by atoms with Crippen molar-refractivity contribution < 1.29 is 7.59 Å². The van der Waals surface area contributed by atoms with Crippen molar-refractivity contribution in [1.82, 2.24) is 4.90 Å². The predicted octanol–water partition coefficient (Wildman–Crippen LogP) is 2.23. The molecular weight excluding hydrogens is 254 g/mol. The first-order valence-electron chi connectivity index (χ1n) is 4.21. The third-order valence-electron chi connectivity index (χ3n) is 1.62. The van der Waals surface area contributed by atoms with E-state index in [0.29, 0.717) is 0 Å². The Balaban J connectivity index is -0.000000563. The van der Waals surface area contributed by atoms with E-state index >= 15 is 0 Å². The summed E-state index contributed by atoms with van der Waals surface area (Å²) in [6.45, 7) is 1.67. The number of likely N-dealkylation sites (N-methyl/N-ethyl adjacent to an activating group) is 1. The quantitative estimate of drug-likeness (QED) is 0.778. The van der Waals surface area contributed by atoms with E-state index < -0.39 is 0 Å².